The first kappa shape index (κ1) is 24.0. The summed E-state index contributed by atoms with van der Waals surface area (Å²) >= 11 is 0. The van der Waals surface area contributed by atoms with Gasteiger partial charge in [-0.2, -0.15) is 4.31 Å². The molecule has 2 aliphatic rings. The van der Waals surface area contributed by atoms with Crippen LogP contribution in [0.15, 0.2) is 41.4 Å². The topological polar surface area (TPSA) is 127 Å². The Morgan fingerprint density at radius 1 is 1.12 bits per heavy atom. The molecule has 1 aromatic carbocycles. The maximum Gasteiger partial charge on any atom is 0.340 e. The standard InChI is InChI=1S/C23H28N4O6S/c1-32-19-9-8-18(13-20(19)34(30,31)27-11-3-2-4-12-27)26-22(28)15-33-23(29)16-5-10-21(24-14-16)25-17-6-7-17/h5,8-10,13-14,17H,2-4,6-7,11-12,15H2,1H3,(H,24,25)(H,26,28). The number of rotatable bonds is 9. The molecule has 0 radical (unpaired) electrons. The molecule has 0 spiro atoms. The number of nitrogens with one attached hydrogen (secondary N) is 2. The highest BCUT2D eigenvalue weighted by Crippen LogP contribution is 2.31. The highest BCUT2D eigenvalue weighted by Gasteiger charge is 2.29. The molecule has 4 rings (SSSR count). The van der Waals surface area contributed by atoms with E-state index in [0.717, 1.165) is 32.1 Å². The molecule has 0 unspecified atom stereocenters. The molecule has 0 bridgehead atoms. The van der Waals surface area contributed by atoms with Crippen molar-refractivity contribution in [1.82, 2.24) is 9.29 Å². The largest absolute Gasteiger partial charge is 0.495 e. The first-order chi connectivity index (χ1) is 16.4. The first-order valence-electron chi connectivity index (χ1n) is 11.2. The highest BCUT2D eigenvalue weighted by molar-refractivity contribution is 7.89. The maximum atomic E-state index is 13.1. The van der Waals surface area contributed by atoms with Gasteiger partial charge in [-0.25, -0.2) is 18.2 Å². The minimum absolute atomic E-state index is 0.0161. The van der Waals surface area contributed by atoms with E-state index in [-0.39, 0.29) is 21.9 Å². The summed E-state index contributed by atoms with van der Waals surface area (Å²) in [6.07, 6.45) is 6.22. The van der Waals surface area contributed by atoms with Crippen LogP contribution in [0.4, 0.5) is 11.5 Å². The summed E-state index contributed by atoms with van der Waals surface area (Å²) in [7, 11) is -2.38. The number of amides is 1. The number of hydrogen-bond acceptors (Lipinski definition) is 8. The van der Waals surface area contributed by atoms with Crippen LogP contribution in [0.1, 0.15) is 42.5 Å². The SMILES string of the molecule is COc1ccc(NC(=O)COC(=O)c2ccc(NC3CC3)nc2)cc1S(=O)(=O)N1CCCCC1. The van der Waals surface area contributed by atoms with Gasteiger partial charge >= 0.3 is 5.97 Å². The van der Waals surface area contributed by atoms with Gasteiger partial charge in [-0.1, -0.05) is 6.42 Å². The molecule has 10 nitrogen and oxygen atoms in total. The van der Waals surface area contributed by atoms with Gasteiger partial charge in [-0.05, 0) is 56.0 Å². The number of carbonyl (C=O) groups is 2. The maximum absolute atomic E-state index is 13.1. The number of aromatic nitrogens is 1. The van der Waals surface area contributed by atoms with Crippen molar-refractivity contribution in [3.63, 3.8) is 0 Å². The zero-order chi connectivity index (χ0) is 24.1. The fraction of sp³-hybridized carbons (Fsp3) is 0.435. The van der Waals surface area contributed by atoms with E-state index in [9.17, 15) is 18.0 Å². The van der Waals surface area contributed by atoms with Crippen LogP contribution < -0.4 is 15.4 Å². The van der Waals surface area contributed by atoms with Crippen molar-refractivity contribution in [2.45, 2.75) is 43.0 Å². The lowest BCUT2D eigenvalue weighted by atomic mass is 10.2. The van der Waals surface area contributed by atoms with Crippen molar-refractivity contribution >= 4 is 33.4 Å². The molecule has 0 atom stereocenters. The van der Waals surface area contributed by atoms with Crippen LogP contribution in [-0.2, 0) is 19.6 Å². The average Bonchev–Trinajstić information content (AvgIpc) is 3.67. The van der Waals surface area contributed by atoms with Crippen molar-refractivity contribution in [3.05, 3.63) is 42.1 Å². The van der Waals surface area contributed by atoms with Crippen LogP contribution in [0, 0.1) is 0 Å². The van der Waals surface area contributed by atoms with Crippen LogP contribution in [0.5, 0.6) is 5.75 Å². The molecule has 2 heterocycles. The predicted octanol–water partition coefficient (Wildman–Crippen LogP) is 2.63. The van der Waals surface area contributed by atoms with Gasteiger partial charge in [0.25, 0.3) is 5.91 Å². The van der Waals surface area contributed by atoms with E-state index in [2.05, 4.69) is 15.6 Å². The number of benzene rings is 1. The Morgan fingerprint density at radius 3 is 2.53 bits per heavy atom. The summed E-state index contributed by atoms with van der Waals surface area (Å²) in [5.74, 6) is -0.391. The van der Waals surface area contributed by atoms with Crippen molar-refractivity contribution in [3.8, 4) is 5.75 Å². The number of hydrogen-bond donors (Lipinski definition) is 2. The Balaban J connectivity index is 1.36. The van der Waals surface area contributed by atoms with Crippen LogP contribution in [-0.4, -0.2) is 62.4 Å². The fourth-order valence-corrected chi connectivity index (χ4v) is 5.35. The second-order valence-electron chi connectivity index (χ2n) is 8.31. The lowest BCUT2D eigenvalue weighted by molar-refractivity contribution is -0.119. The molecular formula is C23H28N4O6S. The number of sulfonamides is 1. The number of piperidine rings is 1. The lowest BCUT2D eigenvalue weighted by Crippen LogP contribution is -2.35. The van der Waals surface area contributed by atoms with Crippen molar-refractivity contribution < 1.29 is 27.5 Å². The molecule has 1 amide bonds. The van der Waals surface area contributed by atoms with Crippen molar-refractivity contribution in [2.75, 3.05) is 37.4 Å². The summed E-state index contributed by atoms with van der Waals surface area (Å²) in [5, 5.41) is 5.79. The number of ether oxygens (including phenoxy) is 2. The Kier molecular flexibility index (Phi) is 7.32. The van der Waals surface area contributed by atoms with E-state index in [4.69, 9.17) is 9.47 Å². The Bertz CT molecular complexity index is 1140. The van der Waals surface area contributed by atoms with Crippen LogP contribution in [0.25, 0.3) is 0 Å². The third kappa shape index (κ3) is 5.84. The second-order valence-corrected chi connectivity index (χ2v) is 10.2. The van der Waals surface area contributed by atoms with E-state index in [1.54, 1.807) is 12.1 Å². The summed E-state index contributed by atoms with van der Waals surface area (Å²) < 4.78 is 38.0. The van der Waals surface area contributed by atoms with Gasteiger partial charge in [0.05, 0.1) is 12.7 Å². The minimum Gasteiger partial charge on any atom is -0.495 e. The molecule has 1 aromatic heterocycles. The molecule has 1 saturated carbocycles. The highest BCUT2D eigenvalue weighted by atomic mass is 32.2. The molecule has 2 fully saturated rings. The monoisotopic (exact) mass is 488 g/mol. The normalized spacial score (nSPS) is 16.5. The second kappa shape index (κ2) is 10.4. The smallest absolute Gasteiger partial charge is 0.340 e. The van der Waals surface area contributed by atoms with Gasteiger partial charge in [0.15, 0.2) is 6.61 Å². The Hall–Kier alpha value is -3.18. The van der Waals surface area contributed by atoms with E-state index < -0.39 is 28.5 Å². The molecule has 182 valence electrons. The minimum atomic E-state index is -3.77. The van der Waals surface area contributed by atoms with Gasteiger partial charge in [0, 0.05) is 31.0 Å². The van der Waals surface area contributed by atoms with Crippen LogP contribution in [0.2, 0.25) is 0 Å². The zero-order valence-electron chi connectivity index (χ0n) is 19.0. The molecule has 2 N–H and O–H groups in total. The van der Waals surface area contributed by atoms with Gasteiger partial charge < -0.3 is 20.1 Å². The zero-order valence-corrected chi connectivity index (χ0v) is 19.8. The molecule has 34 heavy (non-hydrogen) atoms. The van der Waals surface area contributed by atoms with E-state index in [1.165, 1.54) is 35.8 Å². The number of carbonyl (C=O) groups excluding carboxylic acids is 2. The van der Waals surface area contributed by atoms with Crippen molar-refractivity contribution in [1.29, 1.82) is 0 Å². The number of esters is 1. The van der Waals surface area contributed by atoms with Crippen LogP contribution >= 0.6 is 0 Å². The molecule has 11 heteroatoms. The first-order valence-corrected chi connectivity index (χ1v) is 12.7. The number of anilines is 2. The quantitative estimate of drug-likeness (QED) is 0.516. The van der Waals surface area contributed by atoms with Gasteiger partial charge in [-0.15, -0.1) is 0 Å². The van der Waals surface area contributed by atoms with Crippen LogP contribution in [0.3, 0.4) is 0 Å². The Labute approximate surface area is 198 Å². The number of nitrogens with zero attached hydrogens (tertiary/aromatic N) is 2. The van der Waals surface area contributed by atoms with Crippen molar-refractivity contribution in [2.24, 2.45) is 0 Å². The molecule has 1 saturated heterocycles. The van der Waals surface area contributed by atoms with Gasteiger partial charge in [0.1, 0.15) is 16.5 Å². The molecule has 1 aliphatic carbocycles. The van der Waals surface area contributed by atoms with E-state index in [0.29, 0.717) is 24.9 Å². The summed E-state index contributed by atoms with van der Waals surface area (Å²) in [5.41, 5.74) is 0.489. The third-order valence-electron chi connectivity index (χ3n) is 5.64. The number of pyridine rings is 1. The number of methoxy groups -OCH3 is 1. The van der Waals surface area contributed by atoms with Gasteiger partial charge in [-0.3, -0.25) is 4.79 Å². The molecular weight excluding hydrogens is 460 g/mol. The van der Waals surface area contributed by atoms with Gasteiger partial charge in [0.2, 0.25) is 10.0 Å². The predicted molar refractivity (Wildman–Crippen MR) is 125 cm³/mol. The lowest BCUT2D eigenvalue weighted by Gasteiger charge is -2.26. The summed E-state index contributed by atoms with van der Waals surface area (Å²) in [4.78, 5) is 28.7. The van der Waals surface area contributed by atoms with E-state index >= 15 is 0 Å². The summed E-state index contributed by atoms with van der Waals surface area (Å²) in [6, 6.07) is 8.10. The third-order valence-corrected chi connectivity index (χ3v) is 7.56. The molecule has 2 aromatic rings. The fourth-order valence-electron chi connectivity index (χ4n) is 3.65. The van der Waals surface area contributed by atoms with E-state index in [1.807, 2.05) is 0 Å². The molecule has 1 aliphatic heterocycles. The average molecular weight is 489 g/mol. The summed E-state index contributed by atoms with van der Waals surface area (Å²) in [6.45, 7) is 0.371. The Morgan fingerprint density at radius 2 is 1.88 bits per heavy atom.